The molecule has 1 N–H and O–H groups in total. The Labute approximate surface area is 192 Å². The number of halogens is 1. The number of hydrogen-bond acceptors (Lipinski definition) is 5. The number of likely N-dealkylation sites (N-methyl/N-ethyl adjacent to an activating group) is 1. The third kappa shape index (κ3) is 5.97. The quantitative estimate of drug-likeness (QED) is 0.608. The second kappa shape index (κ2) is 10.8. The van der Waals surface area contributed by atoms with Crippen molar-refractivity contribution in [3.05, 3.63) is 41.2 Å². The van der Waals surface area contributed by atoms with Crippen molar-refractivity contribution in [3.63, 3.8) is 0 Å². The molecule has 1 aromatic heterocycles. The summed E-state index contributed by atoms with van der Waals surface area (Å²) in [6, 6.07) is 4.83. The predicted molar refractivity (Wildman–Crippen MR) is 125 cm³/mol. The molecular weight excluding hydrogens is 431 g/mol. The van der Waals surface area contributed by atoms with Crippen LogP contribution in [0, 0.1) is 11.7 Å². The fourth-order valence-electron chi connectivity index (χ4n) is 3.86. The first kappa shape index (κ1) is 24.0. The smallest absolute Gasteiger partial charge is 0.407 e. The molecule has 2 aromatic rings. The van der Waals surface area contributed by atoms with Crippen molar-refractivity contribution in [2.45, 2.75) is 52.1 Å². The Morgan fingerprint density at radius 3 is 2.44 bits per heavy atom. The van der Waals surface area contributed by atoms with Gasteiger partial charge in [0.05, 0.1) is 12.2 Å². The van der Waals surface area contributed by atoms with Crippen LogP contribution in [0.1, 0.15) is 45.2 Å². The molecule has 1 aliphatic rings. The van der Waals surface area contributed by atoms with Gasteiger partial charge in [-0.05, 0) is 55.9 Å². The number of rotatable bonds is 8. The highest BCUT2D eigenvalue weighted by atomic mass is 32.1. The van der Waals surface area contributed by atoms with E-state index < -0.39 is 18.0 Å². The van der Waals surface area contributed by atoms with E-state index in [0.717, 1.165) is 41.7 Å². The second-order valence-corrected chi connectivity index (χ2v) is 9.45. The number of nitrogens with zero attached hydrogens (tertiary/aromatic N) is 4. The Morgan fingerprint density at radius 1 is 1.19 bits per heavy atom. The maximum absolute atomic E-state index is 13.6. The van der Waals surface area contributed by atoms with Crippen LogP contribution in [0.5, 0.6) is 0 Å². The van der Waals surface area contributed by atoms with Crippen LogP contribution in [-0.2, 0) is 11.3 Å². The SMILES string of the molecule is CC(C)CC(C(=O)N(Cc1csc(N2CCCCC2)n1)c1ccc(F)cc1)N(C)C(=O)O. The molecule has 1 atom stereocenters. The molecule has 2 amide bonds. The lowest BCUT2D eigenvalue weighted by molar-refractivity contribution is -0.123. The Kier molecular flexibility index (Phi) is 8.06. The molecular formula is C23H31FN4O3S. The lowest BCUT2D eigenvalue weighted by atomic mass is 10.0. The lowest BCUT2D eigenvalue weighted by Gasteiger charge is -2.32. The number of amides is 2. The number of carbonyl (C=O) groups excluding carboxylic acids is 1. The van der Waals surface area contributed by atoms with Gasteiger partial charge < -0.3 is 14.9 Å². The topological polar surface area (TPSA) is 77.0 Å². The number of aromatic nitrogens is 1. The van der Waals surface area contributed by atoms with Crippen LogP contribution in [0.3, 0.4) is 0 Å². The normalized spacial score (nSPS) is 15.0. The summed E-state index contributed by atoms with van der Waals surface area (Å²) >= 11 is 1.55. The number of piperidine rings is 1. The highest BCUT2D eigenvalue weighted by molar-refractivity contribution is 7.13. The van der Waals surface area contributed by atoms with Crippen molar-refractivity contribution >= 4 is 34.2 Å². The van der Waals surface area contributed by atoms with E-state index in [0.29, 0.717) is 12.1 Å². The maximum Gasteiger partial charge on any atom is 0.407 e. The minimum absolute atomic E-state index is 0.116. The van der Waals surface area contributed by atoms with Crippen LogP contribution < -0.4 is 9.80 Å². The first-order chi connectivity index (χ1) is 15.3. The van der Waals surface area contributed by atoms with E-state index in [1.165, 1.54) is 30.5 Å². The predicted octanol–water partition coefficient (Wildman–Crippen LogP) is 4.83. The van der Waals surface area contributed by atoms with E-state index >= 15 is 0 Å². The third-order valence-electron chi connectivity index (χ3n) is 5.64. The van der Waals surface area contributed by atoms with Crippen molar-refractivity contribution in [2.24, 2.45) is 5.92 Å². The molecule has 2 heterocycles. The summed E-state index contributed by atoms with van der Waals surface area (Å²) in [4.78, 5) is 34.9. The van der Waals surface area contributed by atoms with Crippen molar-refractivity contribution < 1.29 is 19.1 Å². The molecule has 32 heavy (non-hydrogen) atoms. The number of thiazole rings is 1. The van der Waals surface area contributed by atoms with E-state index in [2.05, 4.69) is 4.90 Å². The van der Waals surface area contributed by atoms with Crippen molar-refractivity contribution in [3.8, 4) is 0 Å². The van der Waals surface area contributed by atoms with E-state index in [-0.39, 0.29) is 18.4 Å². The van der Waals surface area contributed by atoms with Crippen LogP contribution in [-0.4, -0.2) is 53.2 Å². The zero-order valence-corrected chi connectivity index (χ0v) is 19.6. The Hall–Kier alpha value is -2.68. The van der Waals surface area contributed by atoms with Gasteiger partial charge in [-0.3, -0.25) is 9.69 Å². The Morgan fingerprint density at radius 2 is 1.84 bits per heavy atom. The number of anilines is 2. The summed E-state index contributed by atoms with van der Waals surface area (Å²) in [6.07, 6.45) is 2.75. The number of benzene rings is 1. The summed E-state index contributed by atoms with van der Waals surface area (Å²) in [5, 5.41) is 12.4. The number of carbonyl (C=O) groups is 2. The van der Waals surface area contributed by atoms with Crippen molar-refractivity contribution in [1.82, 2.24) is 9.88 Å². The van der Waals surface area contributed by atoms with E-state index in [1.54, 1.807) is 23.5 Å². The molecule has 3 rings (SSSR count). The Balaban J connectivity index is 1.89. The van der Waals surface area contributed by atoms with Crippen molar-refractivity contribution in [2.75, 3.05) is 29.9 Å². The lowest BCUT2D eigenvalue weighted by Crippen LogP contribution is -2.49. The molecule has 0 radical (unpaired) electrons. The number of carboxylic acid groups (broad SMARTS) is 1. The monoisotopic (exact) mass is 462 g/mol. The highest BCUT2D eigenvalue weighted by Gasteiger charge is 2.32. The summed E-state index contributed by atoms with van der Waals surface area (Å²) in [5.41, 5.74) is 1.24. The fraction of sp³-hybridized carbons (Fsp3) is 0.522. The van der Waals surface area contributed by atoms with Crippen LogP contribution in [0.25, 0.3) is 0 Å². The first-order valence-corrected chi connectivity index (χ1v) is 11.9. The van der Waals surface area contributed by atoms with E-state index in [9.17, 15) is 19.1 Å². The van der Waals surface area contributed by atoms with Crippen LogP contribution in [0.15, 0.2) is 29.6 Å². The van der Waals surface area contributed by atoms with Gasteiger partial charge >= 0.3 is 6.09 Å². The standard InChI is InChI=1S/C23H31FN4O3S/c1-16(2)13-20(26(3)23(30)31)21(29)28(19-9-7-17(24)8-10-19)14-18-15-32-22(25-18)27-11-5-4-6-12-27/h7-10,15-16,20H,4-6,11-14H2,1-3H3,(H,30,31). The van der Waals surface area contributed by atoms with Gasteiger partial charge in [-0.15, -0.1) is 11.3 Å². The average Bonchev–Trinajstić information content (AvgIpc) is 3.25. The van der Waals surface area contributed by atoms with Crippen LogP contribution in [0.2, 0.25) is 0 Å². The molecule has 9 heteroatoms. The summed E-state index contributed by atoms with van der Waals surface area (Å²) in [5.74, 6) is -0.628. The van der Waals surface area contributed by atoms with Gasteiger partial charge in [-0.25, -0.2) is 14.2 Å². The minimum atomic E-state index is -1.16. The zero-order chi connectivity index (χ0) is 23.3. The average molecular weight is 463 g/mol. The van der Waals surface area contributed by atoms with Gasteiger partial charge in [0.25, 0.3) is 0 Å². The van der Waals surface area contributed by atoms with Crippen molar-refractivity contribution in [1.29, 1.82) is 0 Å². The fourth-order valence-corrected chi connectivity index (χ4v) is 4.73. The molecule has 0 aliphatic carbocycles. The van der Waals surface area contributed by atoms with Gasteiger partial charge in [0.15, 0.2) is 5.13 Å². The molecule has 7 nitrogen and oxygen atoms in total. The zero-order valence-electron chi connectivity index (χ0n) is 18.8. The van der Waals surface area contributed by atoms with Crippen LogP contribution >= 0.6 is 11.3 Å². The molecule has 1 aromatic carbocycles. The molecule has 1 aliphatic heterocycles. The van der Waals surface area contributed by atoms with Gasteiger partial charge in [0, 0.05) is 31.2 Å². The maximum atomic E-state index is 13.6. The largest absolute Gasteiger partial charge is 0.465 e. The molecule has 0 spiro atoms. The van der Waals surface area contributed by atoms with Gasteiger partial charge in [-0.1, -0.05) is 13.8 Å². The van der Waals surface area contributed by atoms with Gasteiger partial charge in [0.2, 0.25) is 5.91 Å². The van der Waals surface area contributed by atoms with Gasteiger partial charge in [0.1, 0.15) is 11.9 Å². The van der Waals surface area contributed by atoms with E-state index in [4.69, 9.17) is 4.98 Å². The Bertz CT molecular complexity index is 912. The first-order valence-electron chi connectivity index (χ1n) is 11.0. The second-order valence-electron chi connectivity index (χ2n) is 8.61. The molecule has 1 fully saturated rings. The molecule has 174 valence electrons. The third-order valence-corrected chi connectivity index (χ3v) is 6.59. The van der Waals surface area contributed by atoms with E-state index in [1.807, 2.05) is 19.2 Å². The minimum Gasteiger partial charge on any atom is -0.465 e. The summed E-state index contributed by atoms with van der Waals surface area (Å²) < 4.78 is 13.5. The molecule has 1 saturated heterocycles. The molecule has 1 unspecified atom stereocenters. The highest BCUT2D eigenvalue weighted by Crippen LogP contribution is 2.27. The summed E-state index contributed by atoms with van der Waals surface area (Å²) in [6.45, 7) is 6.05. The molecule has 0 saturated carbocycles. The molecule has 0 bridgehead atoms. The van der Waals surface area contributed by atoms with Crippen LogP contribution in [0.4, 0.5) is 20.0 Å². The van der Waals surface area contributed by atoms with Gasteiger partial charge in [-0.2, -0.15) is 0 Å². The number of hydrogen-bond donors (Lipinski definition) is 1. The summed E-state index contributed by atoms with van der Waals surface area (Å²) in [7, 11) is 1.41.